The van der Waals surface area contributed by atoms with Crippen LogP contribution in [0.5, 0.6) is 0 Å². The Hall–Kier alpha value is -0.630. The van der Waals surface area contributed by atoms with Gasteiger partial charge in [-0.05, 0) is 6.92 Å². The molecule has 0 aromatic rings. The van der Waals surface area contributed by atoms with E-state index < -0.39 is 0 Å². The van der Waals surface area contributed by atoms with Gasteiger partial charge in [0.05, 0.1) is 0 Å². The van der Waals surface area contributed by atoms with E-state index in [1.807, 2.05) is 0 Å². The summed E-state index contributed by atoms with van der Waals surface area (Å²) >= 11 is 0. The Bertz CT molecular complexity index is 98.7. The molecule has 46 valence electrons. The molecular weight excluding hydrogens is 102 g/mol. The highest BCUT2D eigenvalue weighted by Crippen LogP contribution is 1.87. The third-order valence-corrected chi connectivity index (χ3v) is 0.826. The van der Waals surface area contributed by atoms with Crippen LogP contribution in [0.15, 0.2) is 12.7 Å². The molecule has 0 aromatic heterocycles. The van der Waals surface area contributed by atoms with Gasteiger partial charge >= 0.3 is 0 Å². The third-order valence-electron chi connectivity index (χ3n) is 0.826. The summed E-state index contributed by atoms with van der Waals surface area (Å²) in [4.78, 5) is 10.3. The topological polar surface area (TPSA) is 43.1 Å². The smallest absolute Gasteiger partial charge is 0.131 e. The fraction of sp³-hybridized carbons (Fsp3) is 0.500. The lowest BCUT2D eigenvalue weighted by Crippen LogP contribution is -2.19. The van der Waals surface area contributed by atoms with Crippen LogP contribution in [-0.2, 0) is 4.79 Å². The average molecular weight is 113 g/mol. The summed E-state index contributed by atoms with van der Waals surface area (Å²) in [5.41, 5.74) is 5.34. The van der Waals surface area contributed by atoms with Gasteiger partial charge in [-0.15, -0.1) is 6.58 Å². The van der Waals surface area contributed by atoms with Crippen LogP contribution < -0.4 is 5.73 Å². The van der Waals surface area contributed by atoms with Crippen molar-refractivity contribution in [2.24, 2.45) is 5.73 Å². The first-order valence-electron chi connectivity index (χ1n) is 2.54. The van der Waals surface area contributed by atoms with E-state index in [9.17, 15) is 4.79 Å². The lowest BCUT2D eigenvalue weighted by molar-refractivity contribution is -0.117. The van der Waals surface area contributed by atoms with Crippen molar-refractivity contribution in [1.82, 2.24) is 0 Å². The van der Waals surface area contributed by atoms with Crippen LogP contribution in [0.3, 0.4) is 0 Å². The predicted octanol–water partition coefficient (Wildman–Crippen LogP) is 0.479. The first kappa shape index (κ1) is 7.37. The van der Waals surface area contributed by atoms with E-state index in [1.54, 1.807) is 6.08 Å². The van der Waals surface area contributed by atoms with Gasteiger partial charge in [0.1, 0.15) is 5.78 Å². The summed E-state index contributed by atoms with van der Waals surface area (Å²) in [5, 5.41) is 0. The number of hydrogen-bond acceptors (Lipinski definition) is 2. The van der Waals surface area contributed by atoms with Crippen molar-refractivity contribution < 1.29 is 4.79 Å². The Morgan fingerprint density at radius 3 is 2.62 bits per heavy atom. The van der Waals surface area contributed by atoms with Crippen LogP contribution in [0.2, 0.25) is 0 Å². The normalized spacial score (nSPS) is 12.8. The molecule has 2 heteroatoms. The molecule has 0 saturated carbocycles. The molecule has 0 radical (unpaired) electrons. The van der Waals surface area contributed by atoms with Gasteiger partial charge in [0.25, 0.3) is 0 Å². The number of hydrogen-bond donors (Lipinski definition) is 1. The number of ketones is 1. The van der Waals surface area contributed by atoms with Crippen molar-refractivity contribution >= 4 is 5.78 Å². The zero-order valence-corrected chi connectivity index (χ0v) is 5.05. The molecular formula is C6H11NO. The molecule has 0 bridgehead atoms. The van der Waals surface area contributed by atoms with Crippen molar-refractivity contribution in [1.29, 1.82) is 0 Å². The molecule has 0 rings (SSSR count). The molecule has 2 N–H and O–H groups in total. The van der Waals surface area contributed by atoms with E-state index in [0.717, 1.165) is 0 Å². The maximum atomic E-state index is 10.3. The van der Waals surface area contributed by atoms with E-state index in [2.05, 4.69) is 6.58 Å². The highest BCUT2D eigenvalue weighted by Gasteiger charge is 1.97. The molecule has 0 aromatic carbocycles. The summed E-state index contributed by atoms with van der Waals surface area (Å²) in [6.45, 7) is 4.95. The van der Waals surface area contributed by atoms with Crippen LogP contribution in [-0.4, -0.2) is 11.8 Å². The van der Waals surface area contributed by atoms with Gasteiger partial charge in [-0.1, -0.05) is 6.08 Å². The van der Waals surface area contributed by atoms with Gasteiger partial charge in [-0.2, -0.15) is 0 Å². The maximum absolute atomic E-state index is 10.3. The largest absolute Gasteiger partial charge is 0.324 e. The monoisotopic (exact) mass is 113 g/mol. The van der Waals surface area contributed by atoms with Crippen LogP contribution >= 0.6 is 0 Å². The summed E-state index contributed by atoms with van der Waals surface area (Å²) in [5.74, 6) is 0.109. The molecule has 0 saturated heterocycles. The molecule has 0 heterocycles. The van der Waals surface area contributed by atoms with E-state index in [4.69, 9.17) is 5.73 Å². The minimum atomic E-state index is -0.160. The molecule has 0 amide bonds. The molecule has 0 aliphatic heterocycles. The molecule has 1 atom stereocenters. The van der Waals surface area contributed by atoms with Gasteiger partial charge in [-0.3, -0.25) is 4.79 Å². The number of nitrogens with two attached hydrogens (primary N) is 1. The molecule has 2 nitrogen and oxygen atoms in total. The van der Waals surface area contributed by atoms with E-state index >= 15 is 0 Å². The second-order valence-corrected chi connectivity index (χ2v) is 1.81. The standard InChI is InChI=1S/C6H11NO/c1-3-6(7)4-5(2)8/h3,6H,1,4,7H2,2H3. The fourth-order valence-corrected chi connectivity index (χ4v) is 0.415. The number of carbonyl (C=O) groups excluding carboxylic acids is 1. The van der Waals surface area contributed by atoms with E-state index in [1.165, 1.54) is 6.92 Å². The van der Waals surface area contributed by atoms with Crippen LogP contribution in [0.25, 0.3) is 0 Å². The summed E-state index contributed by atoms with van der Waals surface area (Å²) in [6, 6.07) is -0.160. The number of rotatable bonds is 3. The average Bonchev–Trinajstić information content (AvgIpc) is 1.65. The van der Waals surface area contributed by atoms with Crippen molar-refractivity contribution in [2.75, 3.05) is 0 Å². The summed E-state index contributed by atoms with van der Waals surface area (Å²) < 4.78 is 0. The Labute approximate surface area is 49.4 Å². The van der Waals surface area contributed by atoms with Crippen molar-refractivity contribution in [3.8, 4) is 0 Å². The Kier molecular flexibility index (Phi) is 3.12. The van der Waals surface area contributed by atoms with Crippen molar-refractivity contribution in [3.63, 3.8) is 0 Å². The Balaban J connectivity index is 3.38. The van der Waals surface area contributed by atoms with Gasteiger partial charge in [0.15, 0.2) is 0 Å². The minimum Gasteiger partial charge on any atom is -0.324 e. The Morgan fingerprint density at radius 1 is 2.00 bits per heavy atom. The molecule has 8 heavy (non-hydrogen) atoms. The van der Waals surface area contributed by atoms with Gasteiger partial charge in [0.2, 0.25) is 0 Å². The Morgan fingerprint density at radius 2 is 2.50 bits per heavy atom. The van der Waals surface area contributed by atoms with E-state index in [-0.39, 0.29) is 11.8 Å². The van der Waals surface area contributed by atoms with Gasteiger partial charge < -0.3 is 5.73 Å². The first-order chi connectivity index (χ1) is 3.66. The summed E-state index contributed by atoms with van der Waals surface area (Å²) in [6.07, 6.45) is 1.98. The highest BCUT2D eigenvalue weighted by molar-refractivity contribution is 5.76. The van der Waals surface area contributed by atoms with E-state index in [0.29, 0.717) is 6.42 Å². The third kappa shape index (κ3) is 3.56. The first-order valence-corrected chi connectivity index (χ1v) is 2.54. The zero-order chi connectivity index (χ0) is 6.57. The molecule has 0 spiro atoms. The second-order valence-electron chi connectivity index (χ2n) is 1.81. The number of carbonyl (C=O) groups is 1. The second kappa shape index (κ2) is 3.38. The molecule has 0 aliphatic carbocycles. The van der Waals surface area contributed by atoms with Gasteiger partial charge in [-0.25, -0.2) is 0 Å². The fourth-order valence-electron chi connectivity index (χ4n) is 0.415. The number of Topliss-reactive ketones (excluding diaryl/α,β-unsaturated/α-hetero) is 1. The highest BCUT2D eigenvalue weighted by atomic mass is 16.1. The quantitative estimate of drug-likeness (QED) is 0.541. The van der Waals surface area contributed by atoms with Crippen LogP contribution in [0.4, 0.5) is 0 Å². The van der Waals surface area contributed by atoms with Gasteiger partial charge in [0, 0.05) is 12.5 Å². The zero-order valence-electron chi connectivity index (χ0n) is 5.05. The van der Waals surface area contributed by atoms with Crippen LogP contribution in [0.1, 0.15) is 13.3 Å². The van der Waals surface area contributed by atoms with Crippen molar-refractivity contribution in [2.45, 2.75) is 19.4 Å². The SMILES string of the molecule is C=CC(N)CC(C)=O. The maximum Gasteiger partial charge on any atom is 0.131 e. The minimum absolute atomic E-state index is 0.109. The lowest BCUT2D eigenvalue weighted by atomic mass is 10.2. The molecule has 1 unspecified atom stereocenters. The molecule has 0 aliphatic rings. The lowest BCUT2D eigenvalue weighted by Gasteiger charge is -1.98. The van der Waals surface area contributed by atoms with Crippen LogP contribution in [0, 0.1) is 0 Å². The molecule has 0 fully saturated rings. The summed E-state index contributed by atoms with van der Waals surface area (Å²) in [7, 11) is 0. The predicted molar refractivity (Wildman–Crippen MR) is 33.5 cm³/mol. The van der Waals surface area contributed by atoms with Crippen molar-refractivity contribution in [3.05, 3.63) is 12.7 Å².